The van der Waals surface area contributed by atoms with Crippen LogP contribution in [0.1, 0.15) is 24.2 Å². The van der Waals surface area contributed by atoms with Crippen molar-refractivity contribution in [1.29, 1.82) is 0 Å². The fraction of sp³-hybridized carbons (Fsp3) is 0.500. The van der Waals surface area contributed by atoms with Crippen molar-refractivity contribution in [3.63, 3.8) is 0 Å². The van der Waals surface area contributed by atoms with Gasteiger partial charge in [-0.05, 0) is 19.8 Å². The lowest BCUT2D eigenvalue weighted by Crippen LogP contribution is -2.45. The smallest absolute Gasteiger partial charge is 0.326 e. The molecule has 1 fully saturated rings. The average molecular weight is 264 g/mol. The van der Waals surface area contributed by atoms with Crippen molar-refractivity contribution in [2.75, 3.05) is 6.54 Å². The van der Waals surface area contributed by atoms with E-state index in [1.807, 2.05) is 6.92 Å². The third kappa shape index (κ3) is 3.18. The Bertz CT molecular complexity index is 474. The molecule has 19 heavy (non-hydrogen) atoms. The summed E-state index contributed by atoms with van der Waals surface area (Å²) in [7, 11) is 0. The van der Waals surface area contributed by atoms with E-state index in [4.69, 9.17) is 5.11 Å². The first-order chi connectivity index (χ1) is 9.08. The quantitative estimate of drug-likeness (QED) is 0.831. The van der Waals surface area contributed by atoms with Crippen molar-refractivity contribution < 1.29 is 14.7 Å². The molecule has 7 heteroatoms. The Hall–Kier alpha value is -2.18. The first kappa shape index (κ1) is 13.3. The van der Waals surface area contributed by atoms with Gasteiger partial charge in [0, 0.05) is 12.7 Å². The molecule has 1 saturated heterocycles. The fourth-order valence-electron chi connectivity index (χ4n) is 2.04. The average Bonchev–Trinajstić information content (AvgIpc) is 2.87. The Labute approximate surface area is 110 Å². The Morgan fingerprint density at radius 2 is 2.26 bits per heavy atom. The summed E-state index contributed by atoms with van der Waals surface area (Å²) in [6, 6.07) is -1.09. The maximum Gasteiger partial charge on any atom is 0.326 e. The standard InChI is InChI=1S/C12H16N4O3/c1-8-5-14-9(6-13-8)7-15-12(19)16-4-2-3-10(16)11(17)18/h5-6,10H,2-4,7H2,1H3,(H,15,19)(H,17,18)/t10-/m1/s1. The van der Waals surface area contributed by atoms with Gasteiger partial charge in [-0.1, -0.05) is 0 Å². The van der Waals surface area contributed by atoms with Crippen molar-refractivity contribution in [3.8, 4) is 0 Å². The number of aryl methyl sites for hydroxylation is 1. The molecule has 7 nitrogen and oxygen atoms in total. The summed E-state index contributed by atoms with van der Waals surface area (Å²) in [4.78, 5) is 32.4. The number of hydrogen-bond donors (Lipinski definition) is 2. The van der Waals surface area contributed by atoms with Gasteiger partial charge in [0.25, 0.3) is 0 Å². The van der Waals surface area contributed by atoms with Crippen LogP contribution in [0.4, 0.5) is 4.79 Å². The van der Waals surface area contributed by atoms with Gasteiger partial charge >= 0.3 is 12.0 Å². The Morgan fingerprint density at radius 3 is 2.89 bits per heavy atom. The maximum absolute atomic E-state index is 11.9. The van der Waals surface area contributed by atoms with Crippen molar-refractivity contribution in [2.24, 2.45) is 0 Å². The number of nitrogens with zero attached hydrogens (tertiary/aromatic N) is 3. The van der Waals surface area contributed by atoms with Gasteiger partial charge in [0.1, 0.15) is 6.04 Å². The Morgan fingerprint density at radius 1 is 1.47 bits per heavy atom. The topological polar surface area (TPSA) is 95.4 Å². The first-order valence-electron chi connectivity index (χ1n) is 6.12. The van der Waals surface area contributed by atoms with E-state index in [1.54, 1.807) is 12.4 Å². The zero-order chi connectivity index (χ0) is 13.8. The molecule has 1 atom stereocenters. The molecule has 2 heterocycles. The summed E-state index contributed by atoms with van der Waals surface area (Å²) >= 11 is 0. The number of aliphatic carboxylic acids is 1. The van der Waals surface area contributed by atoms with Crippen molar-refractivity contribution in [2.45, 2.75) is 32.4 Å². The normalized spacial score (nSPS) is 18.4. The maximum atomic E-state index is 11.9. The van der Waals surface area contributed by atoms with Crippen LogP contribution >= 0.6 is 0 Å². The predicted molar refractivity (Wildman–Crippen MR) is 66.4 cm³/mol. The number of carboxylic acids is 1. The minimum Gasteiger partial charge on any atom is -0.480 e. The number of aromatic nitrogens is 2. The molecule has 1 aliphatic rings. The van der Waals surface area contributed by atoms with Crippen LogP contribution in [0.2, 0.25) is 0 Å². The second-order valence-electron chi connectivity index (χ2n) is 4.50. The van der Waals surface area contributed by atoms with Crippen LogP contribution in [-0.2, 0) is 11.3 Å². The van der Waals surface area contributed by atoms with Gasteiger partial charge in [-0.25, -0.2) is 9.59 Å². The van der Waals surface area contributed by atoms with Crippen LogP contribution in [0.15, 0.2) is 12.4 Å². The van der Waals surface area contributed by atoms with Gasteiger partial charge in [0.15, 0.2) is 0 Å². The van der Waals surface area contributed by atoms with Gasteiger partial charge < -0.3 is 15.3 Å². The van der Waals surface area contributed by atoms with E-state index in [9.17, 15) is 9.59 Å². The van der Waals surface area contributed by atoms with Crippen molar-refractivity contribution >= 4 is 12.0 Å². The molecule has 0 aliphatic carbocycles. The van der Waals surface area contributed by atoms with Crippen molar-refractivity contribution in [3.05, 3.63) is 23.8 Å². The number of carbonyl (C=O) groups excluding carboxylic acids is 1. The summed E-state index contributed by atoms with van der Waals surface area (Å²) in [5.74, 6) is -0.956. The summed E-state index contributed by atoms with van der Waals surface area (Å²) in [5, 5.41) is 11.7. The zero-order valence-corrected chi connectivity index (χ0v) is 10.7. The third-order valence-electron chi connectivity index (χ3n) is 3.05. The van der Waals surface area contributed by atoms with Crippen LogP contribution in [-0.4, -0.2) is 44.6 Å². The number of urea groups is 1. The molecule has 2 amide bonds. The van der Waals surface area contributed by atoms with Gasteiger partial charge in [-0.3, -0.25) is 9.97 Å². The molecular weight excluding hydrogens is 248 g/mol. The highest BCUT2D eigenvalue weighted by molar-refractivity contribution is 5.83. The first-order valence-corrected chi connectivity index (χ1v) is 6.12. The lowest BCUT2D eigenvalue weighted by molar-refractivity contribution is -0.141. The van der Waals surface area contributed by atoms with Gasteiger partial charge in [-0.2, -0.15) is 0 Å². The molecule has 1 aromatic rings. The van der Waals surface area contributed by atoms with E-state index in [1.165, 1.54) is 4.90 Å². The molecule has 2 N–H and O–H groups in total. The van der Waals surface area contributed by atoms with Gasteiger partial charge in [0.05, 0.1) is 24.1 Å². The molecule has 0 radical (unpaired) electrons. The second kappa shape index (κ2) is 5.64. The highest BCUT2D eigenvalue weighted by atomic mass is 16.4. The van der Waals surface area contributed by atoms with E-state index >= 15 is 0 Å². The SMILES string of the molecule is Cc1cnc(CNC(=O)N2CCC[C@@H]2C(=O)O)cn1. The van der Waals surface area contributed by atoms with Gasteiger partial charge in [0.2, 0.25) is 0 Å². The number of likely N-dealkylation sites (tertiary alicyclic amines) is 1. The van der Waals surface area contributed by atoms with Gasteiger partial charge in [-0.15, -0.1) is 0 Å². The van der Waals surface area contributed by atoms with Crippen LogP contribution in [0.3, 0.4) is 0 Å². The highest BCUT2D eigenvalue weighted by Gasteiger charge is 2.33. The largest absolute Gasteiger partial charge is 0.480 e. The molecule has 2 rings (SSSR count). The lowest BCUT2D eigenvalue weighted by atomic mass is 10.2. The highest BCUT2D eigenvalue weighted by Crippen LogP contribution is 2.17. The van der Waals surface area contributed by atoms with E-state index in [0.29, 0.717) is 25.1 Å². The Kier molecular flexibility index (Phi) is 3.94. The lowest BCUT2D eigenvalue weighted by Gasteiger charge is -2.21. The number of amides is 2. The van der Waals surface area contributed by atoms with E-state index in [-0.39, 0.29) is 12.6 Å². The summed E-state index contributed by atoms with van der Waals surface area (Å²) in [6.45, 7) is 2.55. The molecule has 0 unspecified atom stereocenters. The minimum atomic E-state index is -0.956. The van der Waals surface area contributed by atoms with Crippen LogP contribution in [0, 0.1) is 6.92 Å². The number of hydrogen-bond acceptors (Lipinski definition) is 4. The minimum absolute atomic E-state index is 0.245. The molecule has 0 aromatic carbocycles. The number of carboxylic acid groups (broad SMARTS) is 1. The number of rotatable bonds is 3. The molecular formula is C12H16N4O3. The Balaban J connectivity index is 1.90. The third-order valence-corrected chi connectivity index (χ3v) is 3.05. The molecule has 102 valence electrons. The molecule has 1 aromatic heterocycles. The van der Waals surface area contributed by atoms with Crippen LogP contribution < -0.4 is 5.32 Å². The monoisotopic (exact) mass is 264 g/mol. The predicted octanol–water partition coefficient (Wildman–Crippen LogP) is 0.544. The van der Waals surface area contributed by atoms with Crippen LogP contribution in [0.25, 0.3) is 0 Å². The number of carbonyl (C=O) groups is 2. The fourth-order valence-corrected chi connectivity index (χ4v) is 2.04. The van der Waals surface area contributed by atoms with Crippen molar-refractivity contribution in [1.82, 2.24) is 20.2 Å². The molecule has 0 saturated carbocycles. The number of nitrogens with one attached hydrogen (secondary N) is 1. The van der Waals surface area contributed by atoms with E-state index in [0.717, 1.165) is 5.69 Å². The van der Waals surface area contributed by atoms with E-state index in [2.05, 4.69) is 15.3 Å². The van der Waals surface area contributed by atoms with Crippen LogP contribution in [0.5, 0.6) is 0 Å². The van der Waals surface area contributed by atoms with E-state index < -0.39 is 12.0 Å². The zero-order valence-electron chi connectivity index (χ0n) is 10.7. The molecule has 0 spiro atoms. The second-order valence-corrected chi connectivity index (χ2v) is 4.50. The molecule has 0 bridgehead atoms. The summed E-state index contributed by atoms with van der Waals surface area (Å²) in [5.41, 5.74) is 1.45. The summed E-state index contributed by atoms with van der Waals surface area (Å²) in [6.07, 6.45) is 4.44. The summed E-state index contributed by atoms with van der Waals surface area (Å²) < 4.78 is 0. The molecule has 1 aliphatic heterocycles.